The third kappa shape index (κ3) is 6.56. The Kier molecular flexibility index (Phi) is 8.39. The van der Waals surface area contributed by atoms with Crippen LogP contribution >= 0.6 is 11.3 Å². The molecule has 1 amide bonds. The first-order chi connectivity index (χ1) is 18.9. The number of primary sulfonamides is 1. The number of nitrogens with zero attached hydrogens (tertiary/aromatic N) is 2. The number of aromatic nitrogens is 1. The van der Waals surface area contributed by atoms with Crippen molar-refractivity contribution in [1.29, 1.82) is 0 Å². The Labute approximate surface area is 233 Å². The topological polar surface area (TPSA) is 176 Å². The number of nitrogens with one attached hydrogen (secondary N) is 1. The molecule has 12 nitrogen and oxygen atoms in total. The second-order valence-electron chi connectivity index (χ2n) is 8.23. The van der Waals surface area contributed by atoms with E-state index >= 15 is 0 Å². The first-order valence-electron chi connectivity index (χ1n) is 11.6. The zero-order valence-electron chi connectivity index (χ0n) is 21.2. The molecule has 40 heavy (non-hydrogen) atoms. The van der Waals surface area contributed by atoms with Crippen molar-refractivity contribution in [3.05, 3.63) is 77.1 Å². The molecule has 3 aromatic carbocycles. The molecule has 0 aliphatic rings. The van der Waals surface area contributed by atoms with Crippen LogP contribution in [0.1, 0.15) is 17.3 Å². The highest BCUT2D eigenvalue weighted by molar-refractivity contribution is 7.92. The number of esters is 1. The van der Waals surface area contributed by atoms with E-state index in [-0.39, 0.29) is 39.0 Å². The molecule has 0 saturated heterocycles. The number of fused-ring (bicyclic) bond motifs is 1. The van der Waals surface area contributed by atoms with E-state index in [4.69, 9.17) is 14.6 Å². The third-order valence-corrected chi connectivity index (χ3v) is 8.85. The number of hydrogen-bond acceptors (Lipinski definition) is 9. The lowest BCUT2D eigenvalue weighted by atomic mass is 10.2. The Bertz CT molecular complexity index is 1880. The molecule has 0 radical (unpaired) electrons. The lowest BCUT2D eigenvalue weighted by molar-refractivity contribution is -0.143. The molecule has 1 aromatic heterocycles. The highest BCUT2D eigenvalue weighted by atomic mass is 32.2. The summed E-state index contributed by atoms with van der Waals surface area (Å²) in [5, 5.41) is 5.24. The normalized spacial score (nSPS) is 12.3. The third-order valence-electron chi connectivity index (χ3n) is 5.50. The summed E-state index contributed by atoms with van der Waals surface area (Å²) >= 11 is 0.978. The minimum Gasteiger partial charge on any atom is -0.497 e. The molecular formula is C25H24N4O8S3. The van der Waals surface area contributed by atoms with E-state index in [1.165, 1.54) is 78.4 Å². The van der Waals surface area contributed by atoms with Gasteiger partial charge < -0.3 is 14.0 Å². The quantitative estimate of drug-likeness (QED) is 0.274. The van der Waals surface area contributed by atoms with Gasteiger partial charge in [0.2, 0.25) is 10.0 Å². The second kappa shape index (κ2) is 11.6. The van der Waals surface area contributed by atoms with Crippen LogP contribution in [0, 0.1) is 0 Å². The van der Waals surface area contributed by atoms with E-state index in [1.807, 2.05) is 0 Å². The van der Waals surface area contributed by atoms with Crippen LogP contribution in [0.2, 0.25) is 0 Å². The van der Waals surface area contributed by atoms with E-state index < -0.39 is 31.9 Å². The summed E-state index contributed by atoms with van der Waals surface area (Å²) in [4.78, 5) is 29.5. The monoisotopic (exact) mass is 604 g/mol. The SMILES string of the molecule is CCOC(=O)Cn1c(=NC(=O)c2cccc(NS(=O)(=O)c3ccc(OC)cc3)c2)sc2cc(S(N)(=O)=O)ccc21. The first kappa shape index (κ1) is 28.9. The molecule has 4 aromatic rings. The van der Waals surface area contributed by atoms with Gasteiger partial charge >= 0.3 is 5.97 Å². The molecule has 0 fully saturated rings. The van der Waals surface area contributed by atoms with Crippen LogP contribution in [0.25, 0.3) is 10.2 Å². The van der Waals surface area contributed by atoms with Crippen LogP contribution in [0.3, 0.4) is 0 Å². The average molecular weight is 605 g/mol. The summed E-state index contributed by atoms with van der Waals surface area (Å²) in [6.07, 6.45) is 0. The number of methoxy groups -OCH3 is 1. The lowest BCUT2D eigenvalue weighted by Gasteiger charge is -2.09. The molecule has 0 unspecified atom stereocenters. The van der Waals surface area contributed by atoms with Crippen molar-refractivity contribution in [2.24, 2.45) is 10.1 Å². The van der Waals surface area contributed by atoms with Gasteiger partial charge in [-0.3, -0.25) is 14.3 Å². The van der Waals surface area contributed by atoms with Gasteiger partial charge in [-0.2, -0.15) is 4.99 Å². The minimum absolute atomic E-state index is 0.00105. The Morgan fingerprint density at radius 1 is 1.00 bits per heavy atom. The first-order valence-corrected chi connectivity index (χ1v) is 15.4. The number of nitrogens with two attached hydrogens (primary N) is 1. The number of sulfonamides is 2. The molecule has 1 heterocycles. The van der Waals surface area contributed by atoms with Crippen molar-refractivity contribution < 1.29 is 35.9 Å². The van der Waals surface area contributed by atoms with E-state index in [0.717, 1.165) is 11.3 Å². The van der Waals surface area contributed by atoms with Crippen LogP contribution in [0.4, 0.5) is 5.69 Å². The van der Waals surface area contributed by atoms with E-state index in [2.05, 4.69) is 9.71 Å². The van der Waals surface area contributed by atoms with E-state index in [0.29, 0.717) is 16.0 Å². The summed E-state index contributed by atoms with van der Waals surface area (Å²) in [6.45, 7) is 1.51. The number of benzene rings is 3. The molecule has 0 bridgehead atoms. The Morgan fingerprint density at radius 2 is 1.70 bits per heavy atom. The number of thiazole rings is 1. The number of anilines is 1. The van der Waals surface area contributed by atoms with Crippen molar-refractivity contribution in [3.8, 4) is 5.75 Å². The number of carbonyl (C=O) groups is 2. The molecule has 0 saturated carbocycles. The number of hydrogen-bond donors (Lipinski definition) is 2. The maximum Gasteiger partial charge on any atom is 0.326 e. The van der Waals surface area contributed by atoms with Gasteiger partial charge in [0.25, 0.3) is 15.9 Å². The van der Waals surface area contributed by atoms with Gasteiger partial charge in [0.05, 0.1) is 33.7 Å². The van der Waals surface area contributed by atoms with Gasteiger partial charge in [0, 0.05) is 11.3 Å². The second-order valence-corrected chi connectivity index (χ2v) is 12.5. The van der Waals surface area contributed by atoms with Crippen molar-refractivity contribution >= 4 is 59.2 Å². The molecule has 15 heteroatoms. The Morgan fingerprint density at radius 3 is 2.35 bits per heavy atom. The smallest absolute Gasteiger partial charge is 0.326 e. The largest absolute Gasteiger partial charge is 0.497 e. The fourth-order valence-corrected chi connectivity index (χ4v) is 6.37. The lowest BCUT2D eigenvalue weighted by Crippen LogP contribution is -2.23. The zero-order valence-corrected chi connectivity index (χ0v) is 23.7. The van der Waals surface area contributed by atoms with Crippen LogP contribution in [0.15, 0.2) is 81.5 Å². The van der Waals surface area contributed by atoms with Gasteiger partial charge in [-0.1, -0.05) is 17.4 Å². The summed E-state index contributed by atoms with van der Waals surface area (Å²) in [5.74, 6) is -0.807. The highest BCUT2D eigenvalue weighted by Crippen LogP contribution is 2.23. The van der Waals surface area contributed by atoms with Gasteiger partial charge in [-0.05, 0) is 67.6 Å². The Balaban J connectivity index is 1.70. The summed E-state index contributed by atoms with van der Waals surface area (Å²) in [6, 6.07) is 15.6. The van der Waals surface area contributed by atoms with Crippen LogP contribution in [-0.2, 0) is 36.1 Å². The number of rotatable bonds is 9. The molecule has 0 aliphatic carbocycles. The summed E-state index contributed by atoms with van der Waals surface area (Å²) in [5.41, 5.74) is 0.642. The molecule has 0 aliphatic heterocycles. The van der Waals surface area contributed by atoms with Crippen molar-refractivity contribution in [2.45, 2.75) is 23.3 Å². The zero-order chi connectivity index (χ0) is 29.1. The minimum atomic E-state index is -3.99. The maximum atomic E-state index is 13.1. The highest BCUT2D eigenvalue weighted by Gasteiger charge is 2.18. The van der Waals surface area contributed by atoms with E-state index in [9.17, 15) is 26.4 Å². The van der Waals surface area contributed by atoms with E-state index in [1.54, 1.807) is 6.92 Å². The number of amides is 1. The Hall–Kier alpha value is -4.05. The molecule has 3 N–H and O–H groups in total. The van der Waals surface area contributed by atoms with Crippen LogP contribution in [0.5, 0.6) is 5.75 Å². The average Bonchev–Trinajstić information content (AvgIpc) is 3.24. The maximum absolute atomic E-state index is 13.1. The number of carbonyl (C=O) groups excluding carboxylic acids is 2. The molecular weight excluding hydrogens is 580 g/mol. The summed E-state index contributed by atoms with van der Waals surface area (Å²) < 4.78 is 63.6. The summed E-state index contributed by atoms with van der Waals surface area (Å²) in [7, 11) is -6.49. The number of ether oxygens (including phenoxy) is 2. The van der Waals surface area contributed by atoms with Gasteiger partial charge in [-0.25, -0.2) is 22.0 Å². The van der Waals surface area contributed by atoms with Gasteiger partial charge in [0.1, 0.15) is 12.3 Å². The van der Waals surface area contributed by atoms with Gasteiger partial charge in [0.15, 0.2) is 4.80 Å². The molecule has 210 valence electrons. The van der Waals surface area contributed by atoms with Crippen molar-refractivity contribution in [3.63, 3.8) is 0 Å². The standard InChI is InChI=1S/C25H24N4O8S3/c1-3-37-23(30)15-29-21-12-11-20(39(26,32)33)14-22(21)38-25(29)27-24(31)16-5-4-6-17(13-16)28-40(34,35)19-9-7-18(36-2)8-10-19/h4-14,28H,3,15H2,1-2H3,(H2,26,32,33). The van der Waals surface area contributed by atoms with Crippen molar-refractivity contribution in [2.75, 3.05) is 18.4 Å². The predicted octanol–water partition coefficient (Wildman–Crippen LogP) is 2.46. The van der Waals surface area contributed by atoms with Crippen LogP contribution in [-0.4, -0.2) is 47.0 Å². The predicted molar refractivity (Wildman–Crippen MR) is 148 cm³/mol. The molecule has 0 spiro atoms. The fraction of sp³-hybridized carbons (Fsp3) is 0.160. The van der Waals surface area contributed by atoms with Crippen molar-refractivity contribution in [1.82, 2.24) is 4.57 Å². The van der Waals surface area contributed by atoms with Gasteiger partial charge in [-0.15, -0.1) is 0 Å². The molecule has 4 rings (SSSR count). The fourth-order valence-electron chi connectivity index (χ4n) is 3.64. The van der Waals surface area contributed by atoms with Crippen LogP contribution < -0.4 is 19.4 Å². The molecule has 0 atom stereocenters.